The van der Waals surface area contributed by atoms with Crippen LogP contribution in [0.3, 0.4) is 0 Å². The van der Waals surface area contributed by atoms with Crippen molar-refractivity contribution in [1.29, 1.82) is 0 Å². The maximum Gasteiger partial charge on any atom is 0.241 e. The Morgan fingerprint density at radius 1 is 1.25 bits per heavy atom. The summed E-state index contributed by atoms with van der Waals surface area (Å²) in [4.78, 5) is 35.7. The first kappa shape index (κ1) is 17.2. The molecule has 7 heteroatoms. The zero-order valence-electron chi connectivity index (χ0n) is 14.3. The molecule has 3 heterocycles. The molecule has 0 aromatic carbocycles. The third-order valence-electron chi connectivity index (χ3n) is 4.69. The van der Waals surface area contributed by atoms with Gasteiger partial charge in [-0.05, 0) is 25.6 Å². The molecular weight excluding hydrogens is 324 g/mol. The normalized spacial score (nSPS) is 21.8. The standard InChI is InChI=1S/C17H24N4O2S/c1-3-19-8-10-20(11-9-19)15(22)12-14-17(23)21(4-2)13-6-5-7-18-16(13)24-14/h5-7,14H,3-4,8-12H2,1-2H3/t14-/m1/s1. The van der Waals surface area contributed by atoms with Gasteiger partial charge < -0.3 is 14.7 Å². The summed E-state index contributed by atoms with van der Waals surface area (Å²) < 4.78 is 0. The van der Waals surface area contributed by atoms with E-state index < -0.39 is 0 Å². The number of carbonyl (C=O) groups is 2. The van der Waals surface area contributed by atoms with Crippen molar-refractivity contribution < 1.29 is 9.59 Å². The fourth-order valence-electron chi connectivity index (χ4n) is 3.21. The molecular formula is C17H24N4O2S. The Morgan fingerprint density at radius 3 is 2.67 bits per heavy atom. The lowest BCUT2D eigenvalue weighted by Gasteiger charge is -2.36. The van der Waals surface area contributed by atoms with Gasteiger partial charge in [0.2, 0.25) is 11.8 Å². The van der Waals surface area contributed by atoms with Crippen molar-refractivity contribution in [2.75, 3.05) is 44.2 Å². The Kier molecular flexibility index (Phi) is 5.40. The van der Waals surface area contributed by atoms with Crippen LogP contribution < -0.4 is 4.90 Å². The Balaban J connectivity index is 1.67. The largest absolute Gasteiger partial charge is 0.340 e. The van der Waals surface area contributed by atoms with Crippen LogP contribution in [0.25, 0.3) is 0 Å². The molecule has 1 atom stereocenters. The molecule has 0 aliphatic carbocycles. The number of thioether (sulfide) groups is 1. The van der Waals surface area contributed by atoms with Crippen LogP contribution in [0.15, 0.2) is 23.4 Å². The van der Waals surface area contributed by atoms with Crippen LogP contribution in [0.1, 0.15) is 20.3 Å². The van der Waals surface area contributed by atoms with E-state index in [0.29, 0.717) is 6.54 Å². The van der Waals surface area contributed by atoms with Crippen molar-refractivity contribution in [3.05, 3.63) is 18.3 Å². The van der Waals surface area contributed by atoms with Crippen molar-refractivity contribution in [3.63, 3.8) is 0 Å². The van der Waals surface area contributed by atoms with E-state index in [0.717, 1.165) is 43.4 Å². The molecule has 0 radical (unpaired) electrons. The van der Waals surface area contributed by atoms with Gasteiger partial charge in [-0.3, -0.25) is 9.59 Å². The monoisotopic (exact) mass is 348 g/mol. The molecule has 6 nitrogen and oxygen atoms in total. The molecule has 2 amide bonds. The van der Waals surface area contributed by atoms with Crippen LogP contribution >= 0.6 is 11.8 Å². The van der Waals surface area contributed by atoms with Gasteiger partial charge in [0.25, 0.3) is 0 Å². The van der Waals surface area contributed by atoms with Crippen LogP contribution in [0.2, 0.25) is 0 Å². The Labute approximate surface area is 147 Å². The van der Waals surface area contributed by atoms with E-state index in [4.69, 9.17) is 0 Å². The van der Waals surface area contributed by atoms with Gasteiger partial charge in [-0.2, -0.15) is 0 Å². The highest BCUT2D eigenvalue weighted by molar-refractivity contribution is 8.00. The Hall–Kier alpha value is -1.60. The van der Waals surface area contributed by atoms with Crippen LogP contribution in [0, 0.1) is 0 Å². The molecule has 130 valence electrons. The number of fused-ring (bicyclic) bond motifs is 1. The number of anilines is 1. The highest BCUT2D eigenvalue weighted by atomic mass is 32.2. The predicted molar refractivity (Wildman–Crippen MR) is 95.2 cm³/mol. The van der Waals surface area contributed by atoms with Crippen molar-refractivity contribution in [2.45, 2.75) is 30.5 Å². The second-order valence-corrected chi connectivity index (χ2v) is 7.23. The summed E-state index contributed by atoms with van der Waals surface area (Å²) in [6.45, 7) is 9.05. The molecule has 0 N–H and O–H groups in total. The van der Waals surface area contributed by atoms with E-state index in [-0.39, 0.29) is 23.5 Å². The number of likely N-dealkylation sites (N-methyl/N-ethyl adjacent to an activating group) is 1. The SMILES string of the molecule is CCN1CCN(C(=O)C[C@H]2Sc3ncccc3N(CC)C2=O)CC1. The van der Waals surface area contributed by atoms with Crippen molar-refractivity contribution in [1.82, 2.24) is 14.8 Å². The minimum atomic E-state index is -0.371. The minimum Gasteiger partial charge on any atom is -0.340 e. The van der Waals surface area contributed by atoms with Gasteiger partial charge in [-0.25, -0.2) is 4.98 Å². The number of amides is 2. The molecule has 1 fully saturated rings. The average molecular weight is 348 g/mol. The molecule has 1 aromatic heterocycles. The average Bonchev–Trinajstić information content (AvgIpc) is 2.62. The number of rotatable bonds is 4. The van der Waals surface area contributed by atoms with Gasteiger partial charge in [0, 0.05) is 45.3 Å². The Morgan fingerprint density at radius 2 is 2.00 bits per heavy atom. The predicted octanol–water partition coefficient (Wildman–Crippen LogP) is 1.46. The van der Waals surface area contributed by atoms with Crippen LogP contribution in [0.5, 0.6) is 0 Å². The van der Waals surface area contributed by atoms with E-state index in [1.165, 1.54) is 11.8 Å². The number of hydrogen-bond donors (Lipinski definition) is 0. The van der Waals surface area contributed by atoms with Gasteiger partial charge in [-0.15, -0.1) is 0 Å². The molecule has 2 aliphatic rings. The number of carbonyl (C=O) groups excluding carboxylic acids is 2. The lowest BCUT2D eigenvalue weighted by atomic mass is 10.2. The lowest BCUT2D eigenvalue weighted by Crippen LogP contribution is -2.50. The number of pyridine rings is 1. The van der Waals surface area contributed by atoms with E-state index in [1.807, 2.05) is 24.0 Å². The highest BCUT2D eigenvalue weighted by Gasteiger charge is 2.36. The molecule has 1 aromatic rings. The van der Waals surface area contributed by atoms with E-state index >= 15 is 0 Å². The van der Waals surface area contributed by atoms with E-state index in [9.17, 15) is 9.59 Å². The zero-order chi connectivity index (χ0) is 17.1. The highest BCUT2D eigenvalue weighted by Crippen LogP contribution is 2.38. The maximum absolute atomic E-state index is 12.7. The summed E-state index contributed by atoms with van der Waals surface area (Å²) in [6, 6.07) is 3.76. The van der Waals surface area contributed by atoms with Gasteiger partial charge >= 0.3 is 0 Å². The quantitative estimate of drug-likeness (QED) is 0.825. The summed E-state index contributed by atoms with van der Waals surface area (Å²) >= 11 is 1.42. The fourth-order valence-corrected chi connectivity index (χ4v) is 4.36. The third kappa shape index (κ3) is 3.42. The van der Waals surface area contributed by atoms with E-state index in [2.05, 4.69) is 16.8 Å². The molecule has 0 spiro atoms. The van der Waals surface area contributed by atoms with Gasteiger partial charge in [0.05, 0.1) is 10.9 Å². The first-order valence-electron chi connectivity index (χ1n) is 8.57. The molecule has 2 aliphatic heterocycles. The summed E-state index contributed by atoms with van der Waals surface area (Å²) in [5.41, 5.74) is 0.857. The van der Waals surface area contributed by atoms with Gasteiger partial charge in [0.1, 0.15) is 5.03 Å². The number of hydrogen-bond acceptors (Lipinski definition) is 5. The molecule has 0 unspecified atom stereocenters. The second kappa shape index (κ2) is 7.53. The first-order valence-corrected chi connectivity index (χ1v) is 9.45. The number of aromatic nitrogens is 1. The van der Waals surface area contributed by atoms with Crippen LogP contribution in [-0.2, 0) is 9.59 Å². The van der Waals surface area contributed by atoms with Crippen molar-refractivity contribution >= 4 is 29.3 Å². The minimum absolute atomic E-state index is 0.0172. The summed E-state index contributed by atoms with van der Waals surface area (Å²) in [6.07, 6.45) is 1.99. The molecule has 0 saturated carbocycles. The number of piperazine rings is 1. The van der Waals surface area contributed by atoms with E-state index in [1.54, 1.807) is 11.1 Å². The number of nitrogens with zero attached hydrogens (tertiary/aromatic N) is 4. The summed E-state index contributed by atoms with van der Waals surface area (Å²) in [5.74, 6) is 0.0931. The van der Waals surface area contributed by atoms with Gasteiger partial charge in [0.15, 0.2) is 0 Å². The fraction of sp³-hybridized carbons (Fsp3) is 0.588. The Bertz CT molecular complexity index is 616. The molecule has 24 heavy (non-hydrogen) atoms. The third-order valence-corrected chi connectivity index (χ3v) is 5.88. The van der Waals surface area contributed by atoms with Gasteiger partial charge in [-0.1, -0.05) is 18.7 Å². The zero-order valence-corrected chi connectivity index (χ0v) is 15.1. The second-order valence-electron chi connectivity index (χ2n) is 6.04. The lowest BCUT2D eigenvalue weighted by molar-refractivity contribution is -0.134. The molecule has 1 saturated heterocycles. The first-order chi connectivity index (χ1) is 11.6. The molecule has 3 rings (SSSR count). The molecule has 0 bridgehead atoms. The maximum atomic E-state index is 12.7. The summed E-state index contributed by atoms with van der Waals surface area (Å²) in [7, 11) is 0. The van der Waals surface area contributed by atoms with Crippen LogP contribution in [-0.4, -0.2) is 71.1 Å². The topological polar surface area (TPSA) is 56.8 Å². The van der Waals surface area contributed by atoms with Crippen molar-refractivity contribution in [2.24, 2.45) is 0 Å². The smallest absolute Gasteiger partial charge is 0.241 e. The summed E-state index contributed by atoms with van der Waals surface area (Å²) in [5, 5.41) is 0.469. The van der Waals surface area contributed by atoms with Crippen molar-refractivity contribution in [3.8, 4) is 0 Å². The van der Waals surface area contributed by atoms with Crippen LogP contribution in [0.4, 0.5) is 5.69 Å².